The number of ketones is 3. The molecule has 0 spiro atoms. The molecule has 0 bridgehead atoms. The Morgan fingerprint density at radius 1 is 0.625 bits per heavy atom. The van der Waals surface area contributed by atoms with E-state index in [1.807, 2.05) is 0 Å². The molecule has 0 aromatic carbocycles. The Balaban J connectivity index is 1.57. The zero-order valence-corrected chi connectivity index (χ0v) is 14.9. The van der Waals surface area contributed by atoms with Gasteiger partial charge in [0.1, 0.15) is 17.3 Å². The van der Waals surface area contributed by atoms with Crippen molar-refractivity contribution in [3.05, 3.63) is 0 Å². The number of rotatable bonds is 5. The SMILES string of the molecule is O=C1CCC(CCC(C2CCC(=O)CC2)C2CCC(=O)CC2)CC1. The molecule has 24 heavy (non-hydrogen) atoms. The van der Waals surface area contributed by atoms with Crippen molar-refractivity contribution < 1.29 is 14.4 Å². The number of hydrogen-bond donors (Lipinski definition) is 0. The van der Waals surface area contributed by atoms with E-state index < -0.39 is 0 Å². The third-order valence-corrected chi connectivity index (χ3v) is 6.96. The first kappa shape index (κ1) is 17.8. The van der Waals surface area contributed by atoms with Gasteiger partial charge in [0.15, 0.2) is 0 Å². The molecule has 0 aromatic heterocycles. The molecule has 0 aromatic rings. The van der Waals surface area contributed by atoms with Gasteiger partial charge >= 0.3 is 0 Å². The van der Waals surface area contributed by atoms with E-state index >= 15 is 0 Å². The first-order chi connectivity index (χ1) is 11.6. The smallest absolute Gasteiger partial charge is 0.132 e. The van der Waals surface area contributed by atoms with Crippen molar-refractivity contribution >= 4 is 17.3 Å². The van der Waals surface area contributed by atoms with Crippen LogP contribution in [-0.2, 0) is 14.4 Å². The third kappa shape index (κ3) is 4.77. The lowest BCUT2D eigenvalue weighted by atomic mass is 9.67. The molecule has 0 amide bonds. The van der Waals surface area contributed by atoms with Crippen LogP contribution in [-0.4, -0.2) is 17.3 Å². The second-order valence-electron chi connectivity index (χ2n) is 8.48. The van der Waals surface area contributed by atoms with E-state index in [1.165, 1.54) is 12.8 Å². The number of carbonyl (C=O) groups is 3. The Morgan fingerprint density at radius 3 is 1.42 bits per heavy atom. The van der Waals surface area contributed by atoms with Crippen LogP contribution in [0.1, 0.15) is 89.9 Å². The van der Waals surface area contributed by atoms with Crippen LogP contribution in [0.25, 0.3) is 0 Å². The summed E-state index contributed by atoms with van der Waals surface area (Å²) in [5.41, 5.74) is 0. The monoisotopic (exact) mass is 332 g/mol. The Morgan fingerprint density at radius 2 is 1.00 bits per heavy atom. The molecule has 3 saturated carbocycles. The van der Waals surface area contributed by atoms with Crippen LogP contribution in [0.3, 0.4) is 0 Å². The molecular weight excluding hydrogens is 300 g/mol. The quantitative estimate of drug-likeness (QED) is 0.735. The van der Waals surface area contributed by atoms with Crippen molar-refractivity contribution in [1.82, 2.24) is 0 Å². The molecule has 3 rings (SSSR count). The van der Waals surface area contributed by atoms with Gasteiger partial charge in [-0.15, -0.1) is 0 Å². The summed E-state index contributed by atoms with van der Waals surface area (Å²) in [7, 11) is 0. The molecule has 3 fully saturated rings. The zero-order chi connectivity index (χ0) is 16.9. The highest BCUT2D eigenvalue weighted by atomic mass is 16.1. The molecule has 0 atom stereocenters. The van der Waals surface area contributed by atoms with Crippen molar-refractivity contribution in [1.29, 1.82) is 0 Å². The maximum absolute atomic E-state index is 11.6. The van der Waals surface area contributed by atoms with Gasteiger partial charge in [-0.05, 0) is 68.6 Å². The molecule has 0 unspecified atom stereocenters. The number of Topliss-reactive ketones (excluding diaryl/α,β-unsaturated/α-hetero) is 3. The van der Waals surface area contributed by atoms with Gasteiger partial charge in [0.25, 0.3) is 0 Å². The van der Waals surface area contributed by atoms with Crippen LogP contribution in [0.5, 0.6) is 0 Å². The Hall–Kier alpha value is -0.990. The lowest BCUT2D eigenvalue weighted by molar-refractivity contribution is -0.122. The Bertz CT molecular complexity index is 423. The van der Waals surface area contributed by atoms with Crippen molar-refractivity contribution in [2.45, 2.75) is 89.9 Å². The molecule has 3 aliphatic carbocycles. The maximum atomic E-state index is 11.6. The molecule has 0 radical (unpaired) electrons. The average molecular weight is 332 g/mol. The van der Waals surface area contributed by atoms with Crippen LogP contribution in [0, 0.1) is 23.7 Å². The Labute approximate surface area is 146 Å². The highest BCUT2D eigenvalue weighted by Crippen LogP contribution is 2.42. The standard InChI is InChI=1S/C21H32O3/c22-18-8-1-15(2-9-18)3-14-21(16-4-10-19(23)11-5-16)17-6-12-20(24)13-7-17/h15-17,21H,1-14H2. The minimum absolute atomic E-state index is 0.439. The van der Waals surface area contributed by atoms with Gasteiger partial charge < -0.3 is 0 Å². The van der Waals surface area contributed by atoms with Crippen molar-refractivity contribution in [2.75, 3.05) is 0 Å². The van der Waals surface area contributed by atoms with Crippen LogP contribution >= 0.6 is 0 Å². The number of carbonyl (C=O) groups excluding carboxylic acids is 3. The summed E-state index contributed by atoms with van der Waals surface area (Å²) in [4.78, 5) is 34.7. The zero-order valence-electron chi connectivity index (χ0n) is 14.9. The van der Waals surface area contributed by atoms with Gasteiger partial charge in [-0.3, -0.25) is 14.4 Å². The van der Waals surface area contributed by atoms with Gasteiger partial charge in [0.2, 0.25) is 0 Å². The van der Waals surface area contributed by atoms with Crippen molar-refractivity contribution in [2.24, 2.45) is 23.7 Å². The van der Waals surface area contributed by atoms with Crippen LogP contribution in [0.2, 0.25) is 0 Å². The summed E-state index contributed by atoms with van der Waals surface area (Å²) in [5.74, 6) is 4.12. The second kappa shape index (κ2) is 8.40. The van der Waals surface area contributed by atoms with Crippen molar-refractivity contribution in [3.8, 4) is 0 Å². The third-order valence-electron chi connectivity index (χ3n) is 6.96. The topological polar surface area (TPSA) is 51.2 Å². The largest absolute Gasteiger partial charge is 0.300 e. The molecule has 0 aliphatic heterocycles. The molecule has 3 heteroatoms. The lowest BCUT2D eigenvalue weighted by Gasteiger charge is -2.38. The van der Waals surface area contributed by atoms with Gasteiger partial charge in [0, 0.05) is 38.5 Å². The summed E-state index contributed by atoms with van der Waals surface area (Å²) in [6.07, 6.45) is 13.6. The summed E-state index contributed by atoms with van der Waals surface area (Å²) in [5, 5.41) is 0. The van der Waals surface area contributed by atoms with E-state index in [0.29, 0.717) is 35.1 Å². The summed E-state index contributed by atoms with van der Waals surface area (Å²) < 4.78 is 0. The first-order valence-electron chi connectivity index (χ1n) is 10.2. The van der Waals surface area contributed by atoms with E-state index in [-0.39, 0.29) is 0 Å². The van der Waals surface area contributed by atoms with E-state index in [0.717, 1.165) is 83.0 Å². The van der Waals surface area contributed by atoms with Crippen molar-refractivity contribution in [3.63, 3.8) is 0 Å². The molecule has 0 saturated heterocycles. The van der Waals surface area contributed by atoms with E-state index in [9.17, 15) is 14.4 Å². The molecule has 3 aliphatic rings. The Kier molecular flexibility index (Phi) is 6.24. The predicted octanol–water partition coefficient (Wildman–Crippen LogP) is 4.66. The maximum Gasteiger partial charge on any atom is 0.132 e. The van der Waals surface area contributed by atoms with Gasteiger partial charge in [-0.25, -0.2) is 0 Å². The summed E-state index contributed by atoms with van der Waals surface area (Å²) in [6, 6.07) is 0. The first-order valence-corrected chi connectivity index (χ1v) is 10.2. The fraction of sp³-hybridized carbons (Fsp3) is 0.857. The van der Waals surface area contributed by atoms with E-state index in [2.05, 4.69) is 0 Å². The molecule has 0 N–H and O–H groups in total. The highest BCUT2D eigenvalue weighted by molar-refractivity contribution is 5.79. The minimum Gasteiger partial charge on any atom is -0.300 e. The molecule has 0 heterocycles. The van der Waals surface area contributed by atoms with E-state index in [4.69, 9.17) is 0 Å². The molecule has 3 nitrogen and oxygen atoms in total. The fourth-order valence-electron chi connectivity index (χ4n) is 5.35. The summed E-state index contributed by atoms with van der Waals surface area (Å²) >= 11 is 0. The van der Waals surface area contributed by atoms with Crippen LogP contribution < -0.4 is 0 Å². The molecular formula is C21H32O3. The number of hydrogen-bond acceptors (Lipinski definition) is 3. The van der Waals surface area contributed by atoms with Gasteiger partial charge in [-0.2, -0.15) is 0 Å². The minimum atomic E-state index is 0.439. The normalized spacial score (nSPS) is 25.6. The molecule has 134 valence electrons. The average Bonchev–Trinajstić information content (AvgIpc) is 2.59. The van der Waals surface area contributed by atoms with Gasteiger partial charge in [0.05, 0.1) is 0 Å². The lowest BCUT2D eigenvalue weighted by Crippen LogP contribution is -2.31. The predicted molar refractivity (Wildman–Crippen MR) is 93.6 cm³/mol. The van der Waals surface area contributed by atoms with Gasteiger partial charge in [-0.1, -0.05) is 6.42 Å². The van der Waals surface area contributed by atoms with Crippen LogP contribution in [0.15, 0.2) is 0 Å². The second-order valence-corrected chi connectivity index (χ2v) is 8.48. The van der Waals surface area contributed by atoms with Crippen LogP contribution in [0.4, 0.5) is 0 Å². The highest BCUT2D eigenvalue weighted by Gasteiger charge is 2.34. The fourth-order valence-corrected chi connectivity index (χ4v) is 5.35. The van der Waals surface area contributed by atoms with E-state index in [1.54, 1.807) is 0 Å². The summed E-state index contributed by atoms with van der Waals surface area (Å²) in [6.45, 7) is 0.